The molecule has 0 fully saturated rings. The highest BCUT2D eigenvalue weighted by molar-refractivity contribution is 8.00. The highest BCUT2D eigenvalue weighted by Gasteiger charge is 2.34. The molecule has 0 saturated carbocycles. The molecular formula is C40H46N4O4S. The Morgan fingerprint density at radius 1 is 0.980 bits per heavy atom. The number of nitrogens with zero attached hydrogens (tertiary/aromatic N) is 3. The number of hydrogen-bond acceptors (Lipinski definition) is 8. The minimum atomic E-state index is -0.727. The van der Waals surface area contributed by atoms with Gasteiger partial charge in [0.25, 0.3) is 0 Å². The van der Waals surface area contributed by atoms with Crippen LogP contribution in [0.1, 0.15) is 58.4 Å². The van der Waals surface area contributed by atoms with Crippen molar-refractivity contribution in [1.29, 1.82) is 0 Å². The van der Waals surface area contributed by atoms with E-state index < -0.39 is 5.41 Å². The van der Waals surface area contributed by atoms with E-state index in [1.165, 1.54) is 16.1 Å². The fourth-order valence-electron chi connectivity index (χ4n) is 6.26. The Balaban J connectivity index is 1.37. The second-order valence-corrected chi connectivity index (χ2v) is 16.0. The molecule has 6 rings (SSSR count). The zero-order valence-electron chi connectivity index (χ0n) is 29.5. The lowest BCUT2D eigenvalue weighted by molar-refractivity contribution is -0.153. The number of fused-ring (bicyclic) bond motifs is 2. The molecule has 5 aromatic rings. The predicted molar refractivity (Wildman–Crippen MR) is 198 cm³/mol. The lowest BCUT2D eigenvalue weighted by Crippen LogP contribution is -2.30. The summed E-state index contributed by atoms with van der Waals surface area (Å²) in [7, 11) is 1.58. The molecule has 0 bridgehead atoms. The highest BCUT2D eigenvalue weighted by Crippen LogP contribution is 2.44. The number of carbonyl (C=O) groups is 1. The third-order valence-electron chi connectivity index (χ3n) is 8.67. The SMILES string of the molecule is CCOC(=O)C(C)(C)Cc1c(SC(C)(C)C)c2cc(OCC3Cc4ccccc4N3)ccc2n1Cc1ccc(-c2ccc(OC)nn2)cc1. The Labute approximate surface area is 293 Å². The first-order chi connectivity index (χ1) is 23.4. The van der Waals surface area contributed by atoms with Crippen molar-refractivity contribution in [2.75, 3.05) is 25.6 Å². The number of benzene rings is 3. The first kappa shape index (κ1) is 34.4. The largest absolute Gasteiger partial charge is 0.491 e. The molecule has 1 aliphatic rings. The molecule has 1 aliphatic heterocycles. The molecule has 0 saturated heterocycles. The Kier molecular flexibility index (Phi) is 9.93. The lowest BCUT2D eigenvalue weighted by atomic mass is 9.87. The van der Waals surface area contributed by atoms with Gasteiger partial charge in [-0.25, -0.2) is 0 Å². The lowest BCUT2D eigenvalue weighted by Gasteiger charge is -2.26. The molecule has 8 nitrogen and oxygen atoms in total. The van der Waals surface area contributed by atoms with E-state index in [0.29, 0.717) is 32.1 Å². The normalized spacial score (nSPS) is 14.4. The van der Waals surface area contributed by atoms with Gasteiger partial charge in [-0.1, -0.05) is 63.2 Å². The van der Waals surface area contributed by atoms with Gasteiger partial charge in [0.15, 0.2) is 0 Å². The number of rotatable bonds is 12. The number of esters is 1. The molecule has 9 heteroatoms. The van der Waals surface area contributed by atoms with Crippen LogP contribution in [0.25, 0.3) is 22.2 Å². The van der Waals surface area contributed by atoms with E-state index in [1.807, 2.05) is 44.7 Å². The molecule has 0 radical (unpaired) electrons. The molecule has 3 heterocycles. The first-order valence-electron chi connectivity index (χ1n) is 16.9. The van der Waals surface area contributed by atoms with Crippen LogP contribution >= 0.6 is 11.8 Å². The third-order valence-corrected chi connectivity index (χ3v) is 9.94. The maximum Gasteiger partial charge on any atom is 0.311 e. The third kappa shape index (κ3) is 7.88. The summed E-state index contributed by atoms with van der Waals surface area (Å²) in [5, 5.41) is 13.2. The summed E-state index contributed by atoms with van der Waals surface area (Å²) in [6.07, 6.45) is 1.47. The molecule has 256 valence electrons. The number of para-hydroxylation sites is 1. The summed E-state index contributed by atoms with van der Waals surface area (Å²) in [5.74, 6) is 1.12. The van der Waals surface area contributed by atoms with Crippen LogP contribution < -0.4 is 14.8 Å². The van der Waals surface area contributed by atoms with Crippen molar-refractivity contribution in [2.24, 2.45) is 5.41 Å². The molecule has 2 aromatic heterocycles. The molecule has 1 N–H and O–H groups in total. The molecule has 3 aromatic carbocycles. The van der Waals surface area contributed by atoms with Crippen LogP contribution in [0, 0.1) is 5.41 Å². The smallest absolute Gasteiger partial charge is 0.311 e. The van der Waals surface area contributed by atoms with E-state index >= 15 is 0 Å². The predicted octanol–water partition coefficient (Wildman–Crippen LogP) is 8.59. The molecular weight excluding hydrogens is 633 g/mol. The van der Waals surface area contributed by atoms with Crippen molar-refractivity contribution in [2.45, 2.75) is 76.6 Å². The maximum atomic E-state index is 13.2. The summed E-state index contributed by atoms with van der Waals surface area (Å²) in [5.41, 5.74) is 6.89. The van der Waals surface area contributed by atoms with E-state index in [0.717, 1.165) is 45.6 Å². The Morgan fingerprint density at radius 2 is 1.76 bits per heavy atom. The Bertz CT molecular complexity index is 1900. The molecule has 1 unspecified atom stereocenters. The van der Waals surface area contributed by atoms with E-state index in [1.54, 1.807) is 7.11 Å². The van der Waals surface area contributed by atoms with Crippen LogP contribution in [-0.4, -0.2) is 51.8 Å². The monoisotopic (exact) mass is 678 g/mol. The zero-order valence-corrected chi connectivity index (χ0v) is 30.3. The number of ether oxygens (including phenoxy) is 3. The van der Waals surface area contributed by atoms with Gasteiger partial charge in [0, 0.05) is 56.5 Å². The second-order valence-electron chi connectivity index (χ2n) is 14.2. The molecule has 1 atom stereocenters. The average molecular weight is 679 g/mol. The summed E-state index contributed by atoms with van der Waals surface area (Å²) in [6.45, 7) is 14.0. The number of nitrogens with one attached hydrogen (secondary N) is 1. The molecule has 0 spiro atoms. The second kappa shape index (κ2) is 14.2. The quantitative estimate of drug-likeness (QED) is 0.104. The standard InChI is InChI=1S/C40H46N4O4S/c1-8-47-38(45)40(5,6)23-35-37(49-39(2,3)4)31-22-30(48-25-29-21-28-11-9-10-12-32(28)41-29)17-19-34(31)44(35)24-26-13-15-27(16-14-26)33-18-20-36(46-7)43-42-33/h9-20,22,29,41H,8,21,23-25H2,1-7H3. The number of carbonyl (C=O) groups excluding carboxylic acids is 1. The van der Waals surface area contributed by atoms with Crippen molar-refractivity contribution in [3.8, 4) is 22.9 Å². The first-order valence-corrected chi connectivity index (χ1v) is 17.7. The fraction of sp³-hybridized carbons (Fsp3) is 0.375. The van der Waals surface area contributed by atoms with Crippen LogP contribution in [0.4, 0.5) is 5.69 Å². The van der Waals surface area contributed by atoms with Crippen LogP contribution in [0.3, 0.4) is 0 Å². The fourth-order valence-corrected chi connectivity index (χ4v) is 7.44. The van der Waals surface area contributed by atoms with E-state index in [9.17, 15) is 4.79 Å². The summed E-state index contributed by atoms with van der Waals surface area (Å²) < 4.78 is 19.5. The van der Waals surface area contributed by atoms with Crippen LogP contribution in [0.2, 0.25) is 0 Å². The van der Waals surface area contributed by atoms with Crippen molar-refractivity contribution >= 4 is 34.3 Å². The van der Waals surface area contributed by atoms with Gasteiger partial charge in [-0.3, -0.25) is 4.79 Å². The Morgan fingerprint density at radius 3 is 2.43 bits per heavy atom. The van der Waals surface area contributed by atoms with Gasteiger partial charge in [-0.2, -0.15) is 0 Å². The van der Waals surface area contributed by atoms with Gasteiger partial charge in [0.05, 0.1) is 30.9 Å². The number of hydrogen-bond donors (Lipinski definition) is 1. The van der Waals surface area contributed by atoms with Crippen LogP contribution in [-0.2, 0) is 28.9 Å². The van der Waals surface area contributed by atoms with Gasteiger partial charge in [0.1, 0.15) is 12.4 Å². The van der Waals surface area contributed by atoms with Crippen molar-refractivity contribution in [3.05, 3.63) is 95.7 Å². The Hall–Kier alpha value is -4.50. The topological polar surface area (TPSA) is 87.5 Å². The minimum absolute atomic E-state index is 0.0701. The van der Waals surface area contributed by atoms with Crippen LogP contribution in [0.15, 0.2) is 83.8 Å². The number of methoxy groups -OCH3 is 1. The minimum Gasteiger partial charge on any atom is -0.491 e. The van der Waals surface area contributed by atoms with Crippen LogP contribution in [0.5, 0.6) is 11.6 Å². The zero-order chi connectivity index (χ0) is 34.8. The summed E-state index contributed by atoms with van der Waals surface area (Å²) in [4.78, 5) is 14.4. The van der Waals surface area contributed by atoms with Gasteiger partial charge in [-0.15, -0.1) is 22.0 Å². The average Bonchev–Trinajstić information content (AvgIpc) is 3.62. The molecule has 0 amide bonds. The number of thioether (sulfide) groups is 1. The van der Waals surface area contributed by atoms with E-state index in [4.69, 9.17) is 14.2 Å². The van der Waals surface area contributed by atoms with Crippen molar-refractivity contribution < 1.29 is 19.0 Å². The maximum absolute atomic E-state index is 13.2. The van der Waals surface area contributed by atoms with Gasteiger partial charge in [0.2, 0.25) is 5.88 Å². The van der Waals surface area contributed by atoms with Gasteiger partial charge >= 0.3 is 5.97 Å². The van der Waals surface area contributed by atoms with Gasteiger partial charge < -0.3 is 24.1 Å². The van der Waals surface area contributed by atoms with Crippen molar-refractivity contribution in [1.82, 2.24) is 14.8 Å². The summed E-state index contributed by atoms with van der Waals surface area (Å²) in [6, 6.07) is 27.2. The highest BCUT2D eigenvalue weighted by atomic mass is 32.2. The summed E-state index contributed by atoms with van der Waals surface area (Å²) >= 11 is 1.83. The van der Waals surface area contributed by atoms with Gasteiger partial charge in [-0.05, 0) is 68.7 Å². The van der Waals surface area contributed by atoms with E-state index in [-0.39, 0.29) is 16.8 Å². The molecule has 0 aliphatic carbocycles. The number of anilines is 1. The number of aromatic nitrogens is 3. The van der Waals surface area contributed by atoms with E-state index in [2.05, 4.69) is 108 Å². The molecule has 49 heavy (non-hydrogen) atoms. The van der Waals surface area contributed by atoms with Crippen molar-refractivity contribution in [3.63, 3.8) is 0 Å².